The molecule has 1 unspecified atom stereocenters. The number of nitrogens with one attached hydrogen (secondary N) is 1. The number of amides is 1. The zero-order valence-electron chi connectivity index (χ0n) is 12.4. The van der Waals surface area contributed by atoms with Crippen molar-refractivity contribution >= 4 is 18.5 Å². The van der Waals surface area contributed by atoms with Crippen LogP contribution >= 0.6 is 12.6 Å². The maximum Gasteiger partial charge on any atom is 0.252 e. The summed E-state index contributed by atoms with van der Waals surface area (Å²) in [5, 5.41) is 3.00. The second-order valence-corrected chi connectivity index (χ2v) is 5.48. The number of thiol groups is 1. The van der Waals surface area contributed by atoms with Crippen molar-refractivity contribution in [3.63, 3.8) is 0 Å². The first kappa shape index (κ1) is 15.4. The first-order valence-electron chi connectivity index (χ1n) is 6.75. The van der Waals surface area contributed by atoms with E-state index in [1.54, 1.807) is 13.2 Å². The monoisotopic (exact) mass is 301 g/mol. The van der Waals surface area contributed by atoms with Crippen LogP contribution in [0.25, 0.3) is 0 Å². The molecule has 1 atom stereocenters. The van der Waals surface area contributed by atoms with Gasteiger partial charge in [-0.2, -0.15) is 0 Å². The average Bonchev–Trinajstić information content (AvgIpc) is 2.49. The summed E-state index contributed by atoms with van der Waals surface area (Å²) >= 11 is 4.28. The van der Waals surface area contributed by atoms with Crippen molar-refractivity contribution < 1.29 is 9.53 Å². The number of rotatable bonds is 4. The van der Waals surface area contributed by atoms with Gasteiger partial charge in [-0.05, 0) is 49.2 Å². The van der Waals surface area contributed by atoms with Crippen LogP contribution in [0.2, 0.25) is 0 Å². The Morgan fingerprint density at radius 2 is 1.86 bits per heavy atom. The van der Waals surface area contributed by atoms with E-state index in [-0.39, 0.29) is 11.9 Å². The van der Waals surface area contributed by atoms with Gasteiger partial charge in [-0.1, -0.05) is 18.2 Å². The molecule has 0 aliphatic rings. The van der Waals surface area contributed by atoms with E-state index in [9.17, 15) is 4.79 Å². The van der Waals surface area contributed by atoms with Crippen LogP contribution < -0.4 is 10.1 Å². The molecule has 0 aliphatic heterocycles. The molecule has 1 N–H and O–H groups in total. The lowest BCUT2D eigenvalue weighted by Crippen LogP contribution is -2.27. The highest BCUT2D eigenvalue weighted by Crippen LogP contribution is 2.19. The Hall–Kier alpha value is -1.94. The van der Waals surface area contributed by atoms with Gasteiger partial charge in [-0.15, -0.1) is 12.6 Å². The minimum Gasteiger partial charge on any atom is -0.497 e. The molecule has 0 saturated carbocycles. The van der Waals surface area contributed by atoms with Gasteiger partial charge >= 0.3 is 0 Å². The fourth-order valence-electron chi connectivity index (χ4n) is 2.10. The summed E-state index contributed by atoms with van der Waals surface area (Å²) in [4.78, 5) is 13.1. The molecule has 0 saturated heterocycles. The summed E-state index contributed by atoms with van der Waals surface area (Å²) in [5.41, 5.74) is 2.62. The molecule has 0 bridgehead atoms. The molecule has 0 aromatic heterocycles. The number of aryl methyl sites for hydroxylation is 1. The third-order valence-electron chi connectivity index (χ3n) is 3.43. The molecule has 0 aliphatic carbocycles. The van der Waals surface area contributed by atoms with Crippen molar-refractivity contribution in [3.8, 4) is 5.75 Å². The molecule has 21 heavy (non-hydrogen) atoms. The lowest BCUT2D eigenvalue weighted by Gasteiger charge is -2.16. The molecule has 0 spiro atoms. The number of benzene rings is 2. The van der Waals surface area contributed by atoms with Crippen LogP contribution in [-0.4, -0.2) is 13.0 Å². The normalized spacial score (nSPS) is 11.8. The second kappa shape index (κ2) is 6.68. The first-order chi connectivity index (χ1) is 10.0. The summed E-state index contributed by atoms with van der Waals surface area (Å²) in [6.45, 7) is 3.87. The van der Waals surface area contributed by atoms with Crippen molar-refractivity contribution in [2.75, 3.05) is 7.11 Å². The van der Waals surface area contributed by atoms with Crippen LogP contribution in [0, 0.1) is 6.92 Å². The van der Waals surface area contributed by atoms with Gasteiger partial charge < -0.3 is 10.1 Å². The summed E-state index contributed by atoms with van der Waals surface area (Å²) in [6.07, 6.45) is 0. The largest absolute Gasteiger partial charge is 0.497 e. The number of hydrogen-bond acceptors (Lipinski definition) is 3. The summed E-state index contributed by atoms with van der Waals surface area (Å²) in [5.74, 6) is 0.711. The summed E-state index contributed by atoms with van der Waals surface area (Å²) < 4.78 is 5.13. The van der Waals surface area contributed by atoms with Crippen LogP contribution in [0.1, 0.15) is 34.5 Å². The SMILES string of the molecule is COc1ccc(C(C)NC(=O)c2cc(S)ccc2C)cc1. The molecular formula is C17H19NO2S. The van der Waals surface area contributed by atoms with Gasteiger partial charge in [0.05, 0.1) is 13.2 Å². The van der Waals surface area contributed by atoms with Crippen LogP contribution in [0.4, 0.5) is 0 Å². The number of hydrogen-bond donors (Lipinski definition) is 2. The van der Waals surface area contributed by atoms with Gasteiger partial charge in [0.1, 0.15) is 5.75 Å². The topological polar surface area (TPSA) is 38.3 Å². The molecule has 0 heterocycles. The van der Waals surface area contributed by atoms with E-state index in [1.165, 1.54) is 0 Å². The van der Waals surface area contributed by atoms with Gasteiger partial charge in [0, 0.05) is 10.5 Å². The quantitative estimate of drug-likeness (QED) is 0.843. The first-order valence-corrected chi connectivity index (χ1v) is 7.20. The highest BCUT2D eigenvalue weighted by molar-refractivity contribution is 7.80. The molecule has 0 radical (unpaired) electrons. The zero-order valence-corrected chi connectivity index (χ0v) is 13.3. The zero-order chi connectivity index (χ0) is 15.4. The van der Waals surface area contributed by atoms with E-state index >= 15 is 0 Å². The number of methoxy groups -OCH3 is 1. The van der Waals surface area contributed by atoms with E-state index in [0.29, 0.717) is 5.56 Å². The Morgan fingerprint density at radius 1 is 1.19 bits per heavy atom. The van der Waals surface area contributed by atoms with Crippen molar-refractivity contribution in [1.29, 1.82) is 0 Å². The third-order valence-corrected chi connectivity index (χ3v) is 3.71. The van der Waals surface area contributed by atoms with E-state index in [0.717, 1.165) is 21.8 Å². The highest BCUT2D eigenvalue weighted by Gasteiger charge is 2.13. The van der Waals surface area contributed by atoms with E-state index in [1.807, 2.05) is 50.2 Å². The summed E-state index contributed by atoms with van der Waals surface area (Å²) in [6, 6.07) is 13.2. The van der Waals surface area contributed by atoms with Crippen molar-refractivity contribution in [1.82, 2.24) is 5.32 Å². The van der Waals surface area contributed by atoms with E-state index in [4.69, 9.17) is 4.74 Å². The average molecular weight is 301 g/mol. The molecule has 2 aromatic carbocycles. The number of carbonyl (C=O) groups is 1. The molecule has 1 amide bonds. The Balaban J connectivity index is 2.12. The maximum atomic E-state index is 12.4. The Morgan fingerprint density at radius 3 is 2.48 bits per heavy atom. The van der Waals surface area contributed by atoms with Crippen LogP contribution in [0.5, 0.6) is 5.75 Å². The van der Waals surface area contributed by atoms with Crippen LogP contribution in [-0.2, 0) is 0 Å². The van der Waals surface area contributed by atoms with Crippen molar-refractivity contribution in [3.05, 3.63) is 59.2 Å². The molecule has 4 heteroatoms. The lowest BCUT2D eigenvalue weighted by molar-refractivity contribution is 0.0939. The second-order valence-electron chi connectivity index (χ2n) is 4.97. The third kappa shape index (κ3) is 3.79. The smallest absolute Gasteiger partial charge is 0.252 e. The van der Waals surface area contributed by atoms with Gasteiger partial charge in [0.25, 0.3) is 5.91 Å². The minimum atomic E-state index is -0.0910. The van der Waals surface area contributed by atoms with Crippen LogP contribution in [0.3, 0.4) is 0 Å². The molecule has 3 nitrogen and oxygen atoms in total. The highest BCUT2D eigenvalue weighted by atomic mass is 32.1. The molecule has 0 fully saturated rings. The fourth-order valence-corrected chi connectivity index (χ4v) is 2.31. The van der Waals surface area contributed by atoms with Crippen molar-refractivity contribution in [2.45, 2.75) is 24.8 Å². The standard InChI is InChI=1S/C17H19NO2S/c1-11-4-9-15(21)10-16(11)17(19)18-12(2)13-5-7-14(20-3)8-6-13/h4-10,12,21H,1-3H3,(H,18,19). The Kier molecular flexibility index (Phi) is 4.91. The number of ether oxygens (including phenoxy) is 1. The predicted molar refractivity (Wildman–Crippen MR) is 87.3 cm³/mol. The van der Waals surface area contributed by atoms with Gasteiger partial charge in [0.15, 0.2) is 0 Å². The summed E-state index contributed by atoms with van der Waals surface area (Å²) in [7, 11) is 1.63. The lowest BCUT2D eigenvalue weighted by atomic mass is 10.1. The maximum absolute atomic E-state index is 12.4. The fraction of sp³-hybridized carbons (Fsp3) is 0.235. The van der Waals surface area contributed by atoms with Gasteiger partial charge in [0.2, 0.25) is 0 Å². The van der Waals surface area contributed by atoms with E-state index < -0.39 is 0 Å². The molecular weight excluding hydrogens is 282 g/mol. The Bertz CT molecular complexity index is 638. The van der Waals surface area contributed by atoms with Crippen LogP contribution in [0.15, 0.2) is 47.4 Å². The minimum absolute atomic E-state index is 0.0774. The molecule has 2 aromatic rings. The van der Waals surface area contributed by atoms with Gasteiger partial charge in [-0.3, -0.25) is 4.79 Å². The molecule has 110 valence electrons. The predicted octanol–water partition coefficient (Wildman–Crippen LogP) is 3.78. The van der Waals surface area contributed by atoms with Crippen molar-refractivity contribution in [2.24, 2.45) is 0 Å². The number of carbonyl (C=O) groups excluding carboxylic acids is 1. The Labute approximate surface area is 130 Å². The van der Waals surface area contributed by atoms with E-state index in [2.05, 4.69) is 17.9 Å². The molecule has 2 rings (SSSR count). The van der Waals surface area contributed by atoms with Gasteiger partial charge in [-0.25, -0.2) is 0 Å².